The number of anilines is 1. The lowest BCUT2D eigenvalue weighted by atomic mass is 10.2. The van der Waals surface area contributed by atoms with E-state index in [0.717, 1.165) is 22.3 Å². The van der Waals surface area contributed by atoms with Crippen molar-refractivity contribution >= 4 is 21.6 Å². The van der Waals surface area contributed by atoms with Crippen LogP contribution in [0.3, 0.4) is 0 Å². The van der Waals surface area contributed by atoms with E-state index in [4.69, 9.17) is 10.6 Å². The Kier molecular flexibility index (Phi) is 4.05. The second-order valence-corrected chi connectivity index (χ2v) is 3.05. The highest BCUT2D eigenvalue weighted by molar-refractivity contribution is 9.08. The van der Waals surface area contributed by atoms with Crippen molar-refractivity contribution in [3.05, 3.63) is 23.8 Å². The van der Waals surface area contributed by atoms with Gasteiger partial charge in [0.25, 0.3) is 0 Å². The number of benzene rings is 1. The maximum atomic E-state index is 5.44. The van der Waals surface area contributed by atoms with Crippen LogP contribution in [-0.2, 0) is 5.33 Å². The van der Waals surface area contributed by atoms with Gasteiger partial charge in [-0.05, 0) is 19.1 Å². The highest BCUT2D eigenvalue weighted by Crippen LogP contribution is 2.28. The van der Waals surface area contributed by atoms with Crippen LogP contribution >= 0.6 is 15.9 Å². The van der Waals surface area contributed by atoms with Crippen LogP contribution in [0.1, 0.15) is 12.5 Å². The molecule has 0 fully saturated rings. The van der Waals surface area contributed by atoms with Gasteiger partial charge in [0.05, 0.1) is 12.3 Å². The highest BCUT2D eigenvalue weighted by Gasteiger charge is 2.06. The Bertz CT molecular complexity index is 278. The standard InChI is InChI=1S/C9H13BrN2O/c1-2-13-9-5-3-4-8(12-11)7(9)6-10/h3-5,12H,2,6,11H2,1H3. The van der Waals surface area contributed by atoms with Crippen molar-refractivity contribution in [3.63, 3.8) is 0 Å². The second-order valence-electron chi connectivity index (χ2n) is 2.49. The molecule has 0 aliphatic heterocycles. The van der Waals surface area contributed by atoms with Gasteiger partial charge in [-0.15, -0.1) is 0 Å². The summed E-state index contributed by atoms with van der Waals surface area (Å²) in [4.78, 5) is 0. The number of nitrogens with two attached hydrogens (primary N) is 1. The number of rotatable bonds is 4. The van der Waals surface area contributed by atoms with Gasteiger partial charge in [0.15, 0.2) is 0 Å². The Morgan fingerprint density at radius 2 is 2.31 bits per heavy atom. The number of hydrogen-bond acceptors (Lipinski definition) is 3. The van der Waals surface area contributed by atoms with E-state index in [-0.39, 0.29) is 0 Å². The summed E-state index contributed by atoms with van der Waals surface area (Å²) >= 11 is 3.39. The Balaban J connectivity index is 3.03. The minimum atomic E-state index is 0.661. The quantitative estimate of drug-likeness (QED) is 0.486. The molecule has 0 aromatic heterocycles. The molecular weight excluding hydrogens is 232 g/mol. The van der Waals surface area contributed by atoms with Crippen molar-refractivity contribution in [2.75, 3.05) is 12.0 Å². The summed E-state index contributed by atoms with van der Waals surface area (Å²) < 4.78 is 5.44. The Hall–Kier alpha value is -0.740. The average molecular weight is 245 g/mol. The molecule has 0 radical (unpaired) electrons. The van der Waals surface area contributed by atoms with Gasteiger partial charge in [-0.25, -0.2) is 0 Å². The first kappa shape index (κ1) is 10.3. The van der Waals surface area contributed by atoms with E-state index in [1.165, 1.54) is 0 Å². The lowest BCUT2D eigenvalue weighted by Gasteiger charge is -2.12. The molecule has 13 heavy (non-hydrogen) atoms. The van der Waals surface area contributed by atoms with E-state index in [9.17, 15) is 0 Å². The lowest BCUT2D eigenvalue weighted by Crippen LogP contribution is -2.09. The molecule has 0 atom stereocenters. The van der Waals surface area contributed by atoms with E-state index in [2.05, 4.69) is 21.4 Å². The summed E-state index contributed by atoms with van der Waals surface area (Å²) in [5.74, 6) is 6.24. The molecule has 0 heterocycles. The van der Waals surface area contributed by atoms with Crippen molar-refractivity contribution in [1.29, 1.82) is 0 Å². The molecule has 0 amide bonds. The molecule has 1 rings (SSSR count). The highest BCUT2D eigenvalue weighted by atomic mass is 79.9. The molecule has 72 valence electrons. The van der Waals surface area contributed by atoms with Crippen molar-refractivity contribution in [3.8, 4) is 5.75 Å². The zero-order valence-electron chi connectivity index (χ0n) is 7.51. The number of hydrazine groups is 1. The fraction of sp³-hybridized carbons (Fsp3) is 0.333. The van der Waals surface area contributed by atoms with Gasteiger partial charge < -0.3 is 10.2 Å². The number of nitrogen functional groups attached to an aromatic ring is 1. The molecule has 0 bridgehead atoms. The zero-order valence-corrected chi connectivity index (χ0v) is 9.10. The Morgan fingerprint density at radius 3 is 2.85 bits per heavy atom. The fourth-order valence-corrected chi connectivity index (χ4v) is 1.71. The second kappa shape index (κ2) is 5.09. The Labute approximate surface area is 86.4 Å². The van der Waals surface area contributed by atoms with E-state index in [1.807, 2.05) is 25.1 Å². The predicted molar refractivity (Wildman–Crippen MR) is 58.1 cm³/mol. The molecule has 0 aliphatic carbocycles. The van der Waals surface area contributed by atoms with E-state index in [0.29, 0.717) is 6.61 Å². The first-order chi connectivity index (χ1) is 6.33. The number of nitrogens with one attached hydrogen (secondary N) is 1. The maximum absolute atomic E-state index is 5.44. The largest absolute Gasteiger partial charge is 0.493 e. The minimum absolute atomic E-state index is 0.661. The predicted octanol–water partition coefficient (Wildman–Crippen LogP) is 2.27. The van der Waals surface area contributed by atoms with Crippen LogP contribution in [0.15, 0.2) is 18.2 Å². The van der Waals surface area contributed by atoms with Crippen LogP contribution in [0, 0.1) is 0 Å². The van der Waals surface area contributed by atoms with Crippen LogP contribution in [-0.4, -0.2) is 6.61 Å². The topological polar surface area (TPSA) is 47.3 Å². The van der Waals surface area contributed by atoms with E-state index in [1.54, 1.807) is 0 Å². The number of alkyl halides is 1. The number of ether oxygens (including phenoxy) is 1. The molecule has 1 aromatic carbocycles. The molecule has 3 N–H and O–H groups in total. The molecule has 0 spiro atoms. The van der Waals surface area contributed by atoms with Gasteiger partial charge in [0, 0.05) is 10.9 Å². The molecule has 4 heteroatoms. The summed E-state index contributed by atoms with van der Waals surface area (Å²) in [6.45, 7) is 2.62. The molecule has 0 saturated heterocycles. The summed E-state index contributed by atoms with van der Waals surface area (Å²) in [5, 5.41) is 0.725. The SMILES string of the molecule is CCOc1cccc(NN)c1CBr. The molecular formula is C9H13BrN2O. The number of halogens is 1. The van der Waals surface area contributed by atoms with Gasteiger partial charge in [-0.3, -0.25) is 5.84 Å². The van der Waals surface area contributed by atoms with Crippen LogP contribution in [0.4, 0.5) is 5.69 Å². The van der Waals surface area contributed by atoms with E-state index < -0.39 is 0 Å². The van der Waals surface area contributed by atoms with E-state index >= 15 is 0 Å². The summed E-state index contributed by atoms with van der Waals surface area (Å²) in [7, 11) is 0. The van der Waals surface area contributed by atoms with Crippen molar-refractivity contribution in [2.24, 2.45) is 5.84 Å². The average Bonchev–Trinajstić information content (AvgIpc) is 2.18. The van der Waals surface area contributed by atoms with Gasteiger partial charge in [-0.1, -0.05) is 22.0 Å². The van der Waals surface area contributed by atoms with Crippen LogP contribution in [0.25, 0.3) is 0 Å². The minimum Gasteiger partial charge on any atom is -0.493 e. The van der Waals surface area contributed by atoms with Gasteiger partial charge >= 0.3 is 0 Å². The lowest BCUT2D eigenvalue weighted by molar-refractivity contribution is 0.338. The molecule has 0 unspecified atom stereocenters. The Morgan fingerprint density at radius 1 is 1.54 bits per heavy atom. The van der Waals surface area contributed by atoms with Gasteiger partial charge in [-0.2, -0.15) is 0 Å². The monoisotopic (exact) mass is 244 g/mol. The van der Waals surface area contributed by atoms with Gasteiger partial charge in [0.1, 0.15) is 5.75 Å². The van der Waals surface area contributed by atoms with Crippen molar-refractivity contribution < 1.29 is 4.74 Å². The van der Waals surface area contributed by atoms with Crippen molar-refractivity contribution in [2.45, 2.75) is 12.3 Å². The molecule has 3 nitrogen and oxygen atoms in total. The normalized spacial score (nSPS) is 9.77. The third-order valence-electron chi connectivity index (χ3n) is 1.72. The summed E-state index contributed by atoms with van der Waals surface area (Å²) in [5.41, 5.74) is 4.57. The first-order valence-electron chi connectivity index (χ1n) is 4.10. The number of hydrogen-bond donors (Lipinski definition) is 2. The van der Waals surface area contributed by atoms with Gasteiger partial charge in [0.2, 0.25) is 0 Å². The molecule has 0 aliphatic rings. The first-order valence-corrected chi connectivity index (χ1v) is 5.22. The zero-order chi connectivity index (χ0) is 9.68. The van der Waals surface area contributed by atoms with Crippen LogP contribution < -0.4 is 16.0 Å². The third kappa shape index (κ3) is 2.35. The summed E-state index contributed by atoms with van der Waals surface area (Å²) in [6, 6.07) is 5.76. The summed E-state index contributed by atoms with van der Waals surface area (Å²) in [6.07, 6.45) is 0. The van der Waals surface area contributed by atoms with Crippen LogP contribution in [0.5, 0.6) is 5.75 Å². The third-order valence-corrected chi connectivity index (χ3v) is 2.28. The maximum Gasteiger partial charge on any atom is 0.125 e. The fourth-order valence-electron chi connectivity index (χ4n) is 1.13. The molecule has 0 saturated carbocycles. The smallest absolute Gasteiger partial charge is 0.125 e. The van der Waals surface area contributed by atoms with Crippen molar-refractivity contribution in [1.82, 2.24) is 0 Å². The molecule has 1 aromatic rings. The van der Waals surface area contributed by atoms with Crippen LogP contribution in [0.2, 0.25) is 0 Å².